The van der Waals surface area contributed by atoms with E-state index in [1.165, 1.54) is 11.3 Å². The Morgan fingerprint density at radius 2 is 2.00 bits per heavy atom. The van der Waals surface area contributed by atoms with Crippen LogP contribution in [0.2, 0.25) is 0 Å². The summed E-state index contributed by atoms with van der Waals surface area (Å²) in [7, 11) is 4.12. The van der Waals surface area contributed by atoms with E-state index in [2.05, 4.69) is 36.0 Å². The highest BCUT2D eigenvalue weighted by Gasteiger charge is 2.19. The number of nitrogen functional groups attached to an aromatic ring is 1. The van der Waals surface area contributed by atoms with Gasteiger partial charge in [-0.1, -0.05) is 0 Å². The Labute approximate surface area is 109 Å². The molecule has 0 saturated carbocycles. The molecule has 4 nitrogen and oxygen atoms in total. The third-order valence-corrected chi connectivity index (χ3v) is 3.40. The number of hydrogen-bond donors (Lipinski definition) is 2. The zero-order valence-electron chi connectivity index (χ0n) is 11.3. The number of hydrogen-bond acceptors (Lipinski definition) is 4. The number of nitrogens with zero attached hydrogens (tertiary/aromatic N) is 2. The van der Waals surface area contributed by atoms with Gasteiger partial charge in [0.15, 0.2) is 0 Å². The van der Waals surface area contributed by atoms with Gasteiger partial charge >= 0.3 is 0 Å². The first-order chi connectivity index (χ1) is 8.56. The zero-order valence-corrected chi connectivity index (χ0v) is 11.3. The van der Waals surface area contributed by atoms with Crippen molar-refractivity contribution in [2.75, 3.05) is 37.8 Å². The summed E-state index contributed by atoms with van der Waals surface area (Å²) in [6, 6.07) is 6.12. The Bertz CT molecular complexity index is 398. The Morgan fingerprint density at radius 1 is 1.33 bits per heavy atom. The van der Waals surface area contributed by atoms with Gasteiger partial charge in [-0.05, 0) is 50.7 Å². The van der Waals surface area contributed by atoms with Gasteiger partial charge in [0.05, 0.1) is 6.10 Å². The third-order valence-electron chi connectivity index (χ3n) is 3.40. The molecule has 0 unspecified atom stereocenters. The molecule has 3 N–H and O–H groups in total. The van der Waals surface area contributed by atoms with Gasteiger partial charge in [-0.15, -0.1) is 0 Å². The minimum atomic E-state index is -0.132. The van der Waals surface area contributed by atoms with Crippen LogP contribution in [0.3, 0.4) is 0 Å². The highest BCUT2D eigenvalue weighted by molar-refractivity contribution is 5.60. The number of aliphatic hydroxyl groups excluding tert-OH is 1. The van der Waals surface area contributed by atoms with Crippen LogP contribution in [0.4, 0.5) is 11.4 Å². The quantitative estimate of drug-likeness (QED) is 0.793. The molecule has 18 heavy (non-hydrogen) atoms. The molecule has 1 aliphatic heterocycles. The van der Waals surface area contributed by atoms with E-state index in [1.54, 1.807) is 0 Å². The molecule has 1 aromatic rings. The Hall–Kier alpha value is -1.26. The first-order valence-corrected chi connectivity index (χ1v) is 6.52. The van der Waals surface area contributed by atoms with Crippen molar-refractivity contribution in [1.82, 2.24) is 4.90 Å². The number of anilines is 2. The summed E-state index contributed by atoms with van der Waals surface area (Å²) in [6.07, 6.45) is 1.57. The fourth-order valence-corrected chi connectivity index (χ4v) is 2.49. The molecule has 1 aromatic carbocycles. The third kappa shape index (κ3) is 3.15. The largest absolute Gasteiger partial charge is 0.399 e. The van der Waals surface area contributed by atoms with Crippen LogP contribution in [0.25, 0.3) is 0 Å². The molecule has 0 aliphatic carbocycles. The van der Waals surface area contributed by atoms with Gasteiger partial charge in [-0.25, -0.2) is 0 Å². The first-order valence-electron chi connectivity index (χ1n) is 6.52. The molecule has 0 aromatic heterocycles. The summed E-state index contributed by atoms with van der Waals surface area (Å²) in [4.78, 5) is 4.50. The van der Waals surface area contributed by atoms with Crippen molar-refractivity contribution in [2.24, 2.45) is 0 Å². The van der Waals surface area contributed by atoms with Crippen LogP contribution in [-0.2, 0) is 6.54 Å². The lowest BCUT2D eigenvalue weighted by Gasteiger charge is -2.33. The molecular weight excluding hydrogens is 226 g/mol. The predicted octanol–water partition coefficient (Wildman–Crippen LogP) is 1.29. The molecule has 0 atom stereocenters. The molecule has 0 radical (unpaired) electrons. The average Bonchev–Trinajstić information content (AvgIpc) is 2.30. The Morgan fingerprint density at radius 3 is 2.61 bits per heavy atom. The molecular formula is C14H23N3O. The maximum atomic E-state index is 9.58. The van der Waals surface area contributed by atoms with Crippen molar-refractivity contribution in [3.05, 3.63) is 23.8 Å². The smallest absolute Gasteiger partial charge is 0.0574 e. The minimum absolute atomic E-state index is 0.132. The van der Waals surface area contributed by atoms with Gasteiger partial charge < -0.3 is 20.6 Å². The van der Waals surface area contributed by atoms with Crippen LogP contribution in [0.15, 0.2) is 18.2 Å². The predicted molar refractivity (Wildman–Crippen MR) is 75.7 cm³/mol. The molecule has 0 spiro atoms. The number of piperidine rings is 1. The summed E-state index contributed by atoms with van der Waals surface area (Å²) in [6.45, 7) is 2.73. The highest BCUT2D eigenvalue weighted by atomic mass is 16.3. The van der Waals surface area contributed by atoms with Gasteiger partial charge in [0.1, 0.15) is 0 Å². The molecule has 1 heterocycles. The number of rotatable bonds is 3. The second-order valence-electron chi connectivity index (χ2n) is 5.34. The normalized spacial score (nSPS) is 17.4. The van der Waals surface area contributed by atoms with Gasteiger partial charge in [0, 0.05) is 31.0 Å². The first kappa shape index (κ1) is 13.2. The Balaban J connectivity index is 2.20. The molecule has 100 valence electrons. The number of aliphatic hydroxyl groups is 1. The van der Waals surface area contributed by atoms with Crippen LogP contribution < -0.4 is 10.6 Å². The zero-order chi connectivity index (χ0) is 13.1. The molecule has 1 fully saturated rings. The summed E-state index contributed by atoms with van der Waals surface area (Å²) >= 11 is 0. The summed E-state index contributed by atoms with van der Waals surface area (Å²) in [5.41, 5.74) is 9.21. The summed E-state index contributed by atoms with van der Waals surface area (Å²) < 4.78 is 0. The summed E-state index contributed by atoms with van der Waals surface area (Å²) in [5, 5.41) is 9.58. The second-order valence-corrected chi connectivity index (χ2v) is 5.34. The molecule has 0 amide bonds. The lowest BCUT2D eigenvalue weighted by molar-refractivity contribution is 0.145. The SMILES string of the molecule is CN(C)Cc1cc(N)ccc1N1CCC(O)CC1. The van der Waals surface area contributed by atoms with Crippen molar-refractivity contribution in [1.29, 1.82) is 0 Å². The van der Waals surface area contributed by atoms with Crippen molar-refractivity contribution < 1.29 is 5.11 Å². The maximum Gasteiger partial charge on any atom is 0.0574 e. The highest BCUT2D eigenvalue weighted by Crippen LogP contribution is 2.27. The van der Waals surface area contributed by atoms with Crippen LogP contribution in [0, 0.1) is 0 Å². The van der Waals surface area contributed by atoms with E-state index in [0.717, 1.165) is 38.2 Å². The van der Waals surface area contributed by atoms with E-state index in [0.29, 0.717) is 0 Å². The standard InChI is InChI=1S/C14H23N3O/c1-16(2)10-11-9-12(15)3-4-14(11)17-7-5-13(18)6-8-17/h3-4,9,13,18H,5-8,10,15H2,1-2H3. The van der Waals surface area contributed by atoms with Crippen molar-refractivity contribution >= 4 is 11.4 Å². The van der Waals surface area contributed by atoms with Crippen LogP contribution in [0.5, 0.6) is 0 Å². The minimum Gasteiger partial charge on any atom is -0.399 e. The van der Waals surface area contributed by atoms with Gasteiger partial charge in [-0.2, -0.15) is 0 Å². The molecule has 1 aliphatic rings. The Kier molecular flexibility index (Phi) is 4.09. The second kappa shape index (κ2) is 5.59. The molecule has 4 heteroatoms. The monoisotopic (exact) mass is 249 g/mol. The number of benzene rings is 1. The van der Waals surface area contributed by atoms with E-state index in [4.69, 9.17) is 5.73 Å². The van der Waals surface area contributed by atoms with E-state index < -0.39 is 0 Å². The van der Waals surface area contributed by atoms with Gasteiger partial charge in [0.2, 0.25) is 0 Å². The van der Waals surface area contributed by atoms with Crippen molar-refractivity contribution in [3.8, 4) is 0 Å². The molecule has 2 rings (SSSR count). The maximum absolute atomic E-state index is 9.58. The summed E-state index contributed by atoms with van der Waals surface area (Å²) in [5.74, 6) is 0. The van der Waals surface area contributed by atoms with E-state index in [9.17, 15) is 5.11 Å². The van der Waals surface area contributed by atoms with Crippen molar-refractivity contribution in [3.63, 3.8) is 0 Å². The van der Waals surface area contributed by atoms with E-state index >= 15 is 0 Å². The van der Waals surface area contributed by atoms with Crippen molar-refractivity contribution in [2.45, 2.75) is 25.5 Å². The lowest BCUT2D eigenvalue weighted by Crippen LogP contribution is -2.36. The van der Waals surface area contributed by atoms with E-state index in [1.807, 2.05) is 6.07 Å². The molecule has 0 bridgehead atoms. The van der Waals surface area contributed by atoms with Crippen LogP contribution in [-0.4, -0.2) is 43.3 Å². The molecule has 1 saturated heterocycles. The van der Waals surface area contributed by atoms with Gasteiger partial charge in [0.25, 0.3) is 0 Å². The van der Waals surface area contributed by atoms with Gasteiger partial charge in [-0.3, -0.25) is 0 Å². The van der Waals surface area contributed by atoms with Crippen LogP contribution in [0.1, 0.15) is 18.4 Å². The lowest BCUT2D eigenvalue weighted by atomic mass is 10.0. The number of nitrogens with two attached hydrogens (primary N) is 1. The average molecular weight is 249 g/mol. The van der Waals surface area contributed by atoms with Crippen LogP contribution >= 0.6 is 0 Å². The topological polar surface area (TPSA) is 52.7 Å². The fourth-order valence-electron chi connectivity index (χ4n) is 2.49. The fraction of sp³-hybridized carbons (Fsp3) is 0.571. The van der Waals surface area contributed by atoms with E-state index in [-0.39, 0.29) is 6.10 Å².